The normalized spacial score (nSPS) is 14.3. The van der Waals surface area contributed by atoms with E-state index in [1.54, 1.807) is 0 Å². The lowest BCUT2D eigenvalue weighted by atomic mass is 10.1. The molecule has 0 bridgehead atoms. The lowest BCUT2D eigenvalue weighted by molar-refractivity contribution is 0.167. The molecular weight excluding hydrogens is 222 g/mol. The Hall–Kier alpha value is -1.02. The minimum Gasteiger partial charge on any atom is -0.489 e. The van der Waals surface area contributed by atoms with Crippen LogP contribution in [-0.4, -0.2) is 18.7 Å². The summed E-state index contributed by atoms with van der Waals surface area (Å²) in [6, 6.07) is 6.73. The van der Waals surface area contributed by atoms with Gasteiger partial charge in [-0.15, -0.1) is 0 Å². The number of aryl methyl sites for hydroxylation is 2. The van der Waals surface area contributed by atoms with Crippen molar-refractivity contribution in [1.82, 2.24) is 5.32 Å². The fourth-order valence-corrected chi connectivity index (χ4v) is 2.06. The van der Waals surface area contributed by atoms with Gasteiger partial charge in [0.15, 0.2) is 0 Å². The van der Waals surface area contributed by atoms with Crippen LogP contribution in [0.1, 0.15) is 44.7 Å². The summed E-state index contributed by atoms with van der Waals surface area (Å²) in [7, 11) is 0. The summed E-state index contributed by atoms with van der Waals surface area (Å²) in [6.45, 7) is 11.8. The third-order valence-corrected chi connectivity index (χ3v) is 3.46. The Morgan fingerprint density at radius 2 is 1.89 bits per heavy atom. The number of benzene rings is 1. The zero-order chi connectivity index (χ0) is 13.5. The Labute approximate surface area is 112 Å². The highest BCUT2D eigenvalue weighted by atomic mass is 16.5. The lowest BCUT2D eigenvalue weighted by Crippen LogP contribution is -2.41. The second-order valence-electron chi connectivity index (χ2n) is 5.04. The Kier molecular flexibility index (Phi) is 6.20. The second-order valence-corrected chi connectivity index (χ2v) is 5.04. The molecule has 0 fully saturated rings. The van der Waals surface area contributed by atoms with Crippen LogP contribution in [0.2, 0.25) is 0 Å². The maximum Gasteiger partial charge on any atom is 0.120 e. The van der Waals surface area contributed by atoms with Gasteiger partial charge in [-0.2, -0.15) is 0 Å². The fourth-order valence-electron chi connectivity index (χ4n) is 2.06. The van der Waals surface area contributed by atoms with Crippen LogP contribution in [0.4, 0.5) is 0 Å². The minimum atomic E-state index is 0.198. The van der Waals surface area contributed by atoms with Crippen LogP contribution < -0.4 is 10.1 Å². The number of hydrogen-bond acceptors (Lipinski definition) is 2. The maximum atomic E-state index is 6.04. The minimum absolute atomic E-state index is 0.198. The van der Waals surface area contributed by atoms with Gasteiger partial charge in [-0.05, 0) is 63.4 Å². The van der Waals surface area contributed by atoms with Crippen LogP contribution in [0.3, 0.4) is 0 Å². The summed E-state index contributed by atoms with van der Waals surface area (Å²) < 4.78 is 6.04. The molecule has 1 aromatic carbocycles. The Bertz CT molecular complexity index is 362. The van der Waals surface area contributed by atoms with E-state index in [1.807, 2.05) is 0 Å². The fraction of sp³-hybridized carbons (Fsp3) is 0.625. The number of nitrogens with one attached hydrogen (secondary N) is 1. The van der Waals surface area contributed by atoms with E-state index in [2.05, 4.69) is 58.1 Å². The van der Waals surface area contributed by atoms with Gasteiger partial charge in [-0.3, -0.25) is 0 Å². The summed E-state index contributed by atoms with van der Waals surface area (Å²) in [5.41, 5.74) is 2.60. The number of ether oxygens (including phenoxy) is 1. The van der Waals surface area contributed by atoms with Crippen LogP contribution in [0.25, 0.3) is 0 Å². The van der Waals surface area contributed by atoms with Crippen molar-refractivity contribution >= 4 is 0 Å². The smallest absolute Gasteiger partial charge is 0.120 e. The van der Waals surface area contributed by atoms with Gasteiger partial charge in [-0.25, -0.2) is 0 Å². The van der Waals surface area contributed by atoms with Gasteiger partial charge in [0.05, 0.1) is 0 Å². The van der Waals surface area contributed by atoms with Crippen LogP contribution in [-0.2, 0) is 0 Å². The third-order valence-electron chi connectivity index (χ3n) is 3.46. The van der Waals surface area contributed by atoms with Crippen molar-refractivity contribution in [2.24, 2.45) is 0 Å². The molecule has 0 spiro atoms. The summed E-state index contributed by atoms with van der Waals surface area (Å²) in [5, 5.41) is 3.54. The van der Waals surface area contributed by atoms with Crippen molar-refractivity contribution in [3.63, 3.8) is 0 Å². The first kappa shape index (κ1) is 15.0. The van der Waals surface area contributed by atoms with Crippen molar-refractivity contribution in [3.8, 4) is 5.75 Å². The standard InChI is InChI=1S/C16H27NO/c1-6-10-17-16(7-2)14(5)18-15-9-8-12(3)13(4)11-15/h8-9,11,14,16-17H,6-7,10H2,1-5H3. The van der Waals surface area contributed by atoms with Crippen LogP contribution >= 0.6 is 0 Å². The van der Waals surface area contributed by atoms with E-state index < -0.39 is 0 Å². The summed E-state index contributed by atoms with van der Waals surface area (Å²) >= 11 is 0. The highest BCUT2D eigenvalue weighted by molar-refractivity contribution is 5.33. The van der Waals surface area contributed by atoms with E-state index in [0.29, 0.717) is 6.04 Å². The molecule has 1 rings (SSSR count). The average Bonchev–Trinajstić information content (AvgIpc) is 2.35. The zero-order valence-corrected chi connectivity index (χ0v) is 12.4. The summed E-state index contributed by atoms with van der Waals surface area (Å²) in [5.74, 6) is 0.974. The topological polar surface area (TPSA) is 21.3 Å². The predicted molar refractivity (Wildman–Crippen MR) is 78.4 cm³/mol. The molecule has 2 atom stereocenters. The molecule has 0 saturated heterocycles. The highest BCUT2D eigenvalue weighted by Crippen LogP contribution is 2.19. The highest BCUT2D eigenvalue weighted by Gasteiger charge is 2.16. The number of rotatable bonds is 7. The zero-order valence-electron chi connectivity index (χ0n) is 12.4. The Balaban J connectivity index is 2.61. The molecular formula is C16H27NO. The van der Waals surface area contributed by atoms with E-state index in [9.17, 15) is 0 Å². The van der Waals surface area contributed by atoms with Crippen molar-refractivity contribution in [1.29, 1.82) is 0 Å². The number of hydrogen-bond donors (Lipinski definition) is 1. The predicted octanol–water partition coefficient (Wildman–Crippen LogP) is 3.85. The SMILES string of the molecule is CCCNC(CC)C(C)Oc1ccc(C)c(C)c1. The van der Waals surface area contributed by atoms with Crippen molar-refractivity contribution < 1.29 is 4.74 Å². The molecule has 0 heterocycles. The van der Waals surface area contributed by atoms with E-state index in [1.165, 1.54) is 11.1 Å². The van der Waals surface area contributed by atoms with E-state index >= 15 is 0 Å². The lowest BCUT2D eigenvalue weighted by Gasteiger charge is -2.25. The van der Waals surface area contributed by atoms with E-state index in [-0.39, 0.29) is 6.10 Å². The van der Waals surface area contributed by atoms with Crippen LogP contribution in [0.5, 0.6) is 5.75 Å². The van der Waals surface area contributed by atoms with Gasteiger partial charge >= 0.3 is 0 Å². The molecule has 102 valence electrons. The van der Waals surface area contributed by atoms with Crippen molar-refractivity contribution in [3.05, 3.63) is 29.3 Å². The van der Waals surface area contributed by atoms with Crippen LogP contribution in [0.15, 0.2) is 18.2 Å². The molecule has 0 amide bonds. The van der Waals surface area contributed by atoms with Gasteiger partial charge < -0.3 is 10.1 Å². The third kappa shape index (κ3) is 4.34. The summed E-state index contributed by atoms with van der Waals surface area (Å²) in [6.07, 6.45) is 2.45. The second kappa shape index (κ2) is 7.42. The molecule has 1 N–H and O–H groups in total. The molecule has 0 aromatic heterocycles. The molecule has 18 heavy (non-hydrogen) atoms. The molecule has 2 nitrogen and oxygen atoms in total. The first-order valence-corrected chi connectivity index (χ1v) is 7.05. The van der Waals surface area contributed by atoms with Gasteiger partial charge in [0.2, 0.25) is 0 Å². The Morgan fingerprint density at radius 1 is 1.17 bits per heavy atom. The van der Waals surface area contributed by atoms with Gasteiger partial charge in [0.25, 0.3) is 0 Å². The average molecular weight is 249 g/mol. The molecule has 1 aromatic rings. The van der Waals surface area contributed by atoms with Gasteiger partial charge in [0, 0.05) is 6.04 Å². The Morgan fingerprint density at radius 3 is 2.44 bits per heavy atom. The van der Waals surface area contributed by atoms with E-state index in [0.717, 1.165) is 25.1 Å². The molecule has 0 radical (unpaired) electrons. The first-order valence-electron chi connectivity index (χ1n) is 7.05. The maximum absolute atomic E-state index is 6.04. The van der Waals surface area contributed by atoms with Crippen molar-refractivity contribution in [2.45, 2.75) is 59.6 Å². The first-order chi connectivity index (χ1) is 8.58. The largest absolute Gasteiger partial charge is 0.489 e. The molecule has 0 aliphatic heterocycles. The van der Waals surface area contributed by atoms with E-state index in [4.69, 9.17) is 4.74 Å². The molecule has 0 saturated carbocycles. The van der Waals surface area contributed by atoms with Gasteiger partial charge in [0.1, 0.15) is 11.9 Å². The van der Waals surface area contributed by atoms with Crippen LogP contribution in [0, 0.1) is 13.8 Å². The van der Waals surface area contributed by atoms with Gasteiger partial charge in [-0.1, -0.05) is 19.9 Å². The molecule has 2 heteroatoms. The molecule has 0 aliphatic rings. The quantitative estimate of drug-likeness (QED) is 0.792. The monoisotopic (exact) mass is 249 g/mol. The molecule has 0 aliphatic carbocycles. The van der Waals surface area contributed by atoms with Crippen molar-refractivity contribution in [2.75, 3.05) is 6.54 Å². The molecule has 2 unspecified atom stereocenters. The summed E-state index contributed by atoms with van der Waals surface area (Å²) in [4.78, 5) is 0.